The largest absolute Gasteiger partial charge is 0.493 e. The molecule has 0 aliphatic rings. The van der Waals surface area contributed by atoms with E-state index in [1.165, 1.54) is 19.2 Å². The summed E-state index contributed by atoms with van der Waals surface area (Å²) >= 11 is 3.15. The van der Waals surface area contributed by atoms with Crippen molar-refractivity contribution in [1.29, 1.82) is 0 Å². The van der Waals surface area contributed by atoms with Crippen molar-refractivity contribution in [2.24, 2.45) is 0 Å². The summed E-state index contributed by atoms with van der Waals surface area (Å²) in [6.45, 7) is 0.259. The number of methoxy groups -OCH3 is 2. The van der Waals surface area contributed by atoms with E-state index in [9.17, 15) is 9.18 Å². The highest BCUT2D eigenvalue weighted by atomic mass is 79.9. The van der Waals surface area contributed by atoms with Crippen LogP contribution in [0, 0.1) is 5.82 Å². The van der Waals surface area contributed by atoms with Gasteiger partial charge in [-0.1, -0.05) is 22.0 Å². The van der Waals surface area contributed by atoms with E-state index >= 15 is 0 Å². The van der Waals surface area contributed by atoms with Crippen LogP contribution in [0.2, 0.25) is 0 Å². The highest BCUT2D eigenvalue weighted by molar-refractivity contribution is 9.10. The minimum atomic E-state index is -0.570. The van der Waals surface area contributed by atoms with Gasteiger partial charge in [0.15, 0.2) is 11.5 Å². The molecule has 0 heterocycles. The van der Waals surface area contributed by atoms with Crippen molar-refractivity contribution < 1.29 is 18.7 Å². The van der Waals surface area contributed by atoms with Gasteiger partial charge in [-0.2, -0.15) is 0 Å². The molecule has 2 aromatic carbocycles. The molecule has 6 heteroatoms. The molecule has 0 fully saturated rings. The summed E-state index contributed by atoms with van der Waals surface area (Å²) < 4.78 is 24.6. The number of amides is 1. The molecule has 0 atom stereocenters. The Morgan fingerprint density at radius 3 is 2.50 bits per heavy atom. The second kappa shape index (κ2) is 7.26. The standard InChI is InChI=1S/C16H15BrFNO3/c1-21-14-6-3-10(7-15(14)22-2)9-19-16(20)12-5-4-11(17)8-13(12)18/h3-8H,9H2,1-2H3,(H,19,20). The molecule has 0 aliphatic carbocycles. The predicted octanol–water partition coefficient (Wildman–Crippen LogP) is 3.54. The van der Waals surface area contributed by atoms with Crippen LogP contribution in [0.4, 0.5) is 4.39 Å². The van der Waals surface area contributed by atoms with Crippen molar-refractivity contribution in [3.8, 4) is 11.5 Å². The Morgan fingerprint density at radius 1 is 1.14 bits per heavy atom. The minimum Gasteiger partial charge on any atom is -0.493 e. The Kier molecular flexibility index (Phi) is 5.38. The van der Waals surface area contributed by atoms with Crippen LogP contribution >= 0.6 is 15.9 Å². The van der Waals surface area contributed by atoms with E-state index in [-0.39, 0.29) is 12.1 Å². The fourth-order valence-corrected chi connectivity index (χ4v) is 2.27. The zero-order chi connectivity index (χ0) is 16.1. The monoisotopic (exact) mass is 367 g/mol. The Morgan fingerprint density at radius 2 is 1.86 bits per heavy atom. The Bertz CT molecular complexity index is 691. The van der Waals surface area contributed by atoms with E-state index < -0.39 is 11.7 Å². The molecule has 4 nitrogen and oxygen atoms in total. The lowest BCUT2D eigenvalue weighted by molar-refractivity contribution is 0.0947. The van der Waals surface area contributed by atoms with Gasteiger partial charge in [0.1, 0.15) is 5.82 Å². The average Bonchev–Trinajstić information content (AvgIpc) is 2.52. The van der Waals surface area contributed by atoms with Crippen LogP contribution in [0.25, 0.3) is 0 Å². The number of rotatable bonds is 5. The first-order chi connectivity index (χ1) is 10.5. The number of nitrogens with one attached hydrogen (secondary N) is 1. The molecule has 2 rings (SSSR count). The van der Waals surface area contributed by atoms with Gasteiger partial charge in [0, 0.05) is 11.0 Å². The van der Waals surface area contributed by atoms with Gasteiger partial charge >= 0.3 is 0 Å². The molecule has 1 N–H and O–H groups in total. The molecule has 0 bridgehead atoms. The van der Waals surface area contributed by atoms with Crippen molar-refractivity contribution in [3.05, 3.63) is 57.8 Å². The Hall–Kier alpha value is -2.08. The van der Waals surface area contributed by atoms with E-state index in [2.05, 4.69) is 21.2 Å². The van der Waals surface area contributed by atoms with Crippen molar-refractivity contribution in [2.75, 3.05) is 14.2 Å². The topological polar surface area (TPSA) is 47.6 Å². The molecule has 116 valence electrons. The van der Waals surface area contributed by atoms with Gasteiger partial charge in [-0.25, -0.2) is 4.39 Å². The van der Waals surface area contributed by atoms with Gasteiger partial charge in [-0.05, 0) is 35.9 Å². The van der Waals surface area contributed by atoms with Gasteiger partial charge in [-0.3, -0.25) is 4.79 Å². The average molecular weight is 368 g/mol. The highest BCUT2D eigenvalue weighted by Gasteiger charge is 2.12. The maximum absolute atomic E-state index is 13.7. The van der Waals surface area contributed by atoms with Gasteiger partial charge < -0.3 is 14.8 Å². The van der Waals surface area contributed by atoms with Crippen LogP contribution in [0.3, 0.4) is 0 Å². The smallest absolute Gasteiger partial charge is 0.254 e. The van der Waals surface area contributed by atoms with E-state index in [0.29, 0.717) is 16.0 Å². The molecule has 0 saturated carbocycles. The summed E-state index contributed by atoms with van der Waals surface area (Å²) in [7, 11) is 3.09. The zero-order valence-electron chi connectivity index (χ0n) is 12.2. The third-order valence-corrected chi connectivity index (χ3v) is 3.57. The quantitative estimate of drug-likeness (QED) is 0.879. The molecule has 2 aromatic rings. The third-order valence-electron chi connectivity index (χ3n) is 3.08. The van der Waals surface area contributed by atoms with Crippen LogP contribution in [0.5, 0.6) is 11.5 Å². The van der Waals surface area contributed by atoms with Gasteiger partial charge in [0.25, 0.3) is 5.91 Å². The summed E-state index contributed by atoms with van der Waals surface area (Å²) in [4.78, 5) is 12.0. The second-order valence-corrected chi connectivity index (χ2v) is 5.41. The summed E-state index contributed by atoms with van der Waals surface area (Å²) in [5.74, 6) is 0.138. The number of benzene rings is 2. The van der Waals surface area contributed by atoms with E-state index in [4.69, 9.17) is 9.47 Å². The fraction of sp³-hybridized carbons (Fsp3) is 0.188. The fourth-order valence-electron chi connectivity index (χ4n) is 1.94. The molecule has 1 amide bonds. The molecule has 0 aromatic heterocycles. The van der Waals surface area contributed by atoms with Crippen molar-refractivity contribution in [1.82, 2.24) is 5.32 Å². The molecule has 0 aliphatic heterocycles. The van der Waals surface area contributed by atoms with Crippen LogP contribution in [-0.2, 0) is 6.54 Å². The number of carbonyl (C=O) groups excluding carboxylic acids is 1. The third kappa shape index (κ3) is 3.76. The van der Waals surface area contributed by atoms with Gasteiger partial charge in [-0.15, -0.1) is 0 Å². The molecule has 0 spiro atoms. The zero-order valence-corrected chi connectivity index (χ0v) is 13.7. The minimum absolute atomic E-state index is 0.00340. The predicted molar refractivity (Wildman–Crippen MR) is 84.8 cm³/mol. The van der Waals surface area contributed by atoms with Crippen LogP contribution in [-0.4, -0.2) is 20.1 Å². The lowest BCUT2D eigenvalue weighted by Gasteiger charge is -2.10. The maximum Gasteiger partial charge on any atom is 0.254 e. The number of halogens is 2. The number of carbonyl (C=O) groups is 1. The van der Waals surface area contributed by atoms with Crippen LogP contribution < -0.4 is 14.8 Å². The summed E-state index contributed by atoms with van der Waals surface area (Å²) in [6, 6.07) is 9.63. The highest BCUT2D eigenvalue weighted by Crippen LogP contribution is 2.27. The SMILES string of the molecule is COc1ccc(CNC(=O)c2ccc(Br)cc2F)cc1OC. The normalized spacial score (nSPS) is 10.2. The van der Waals surface area contributed by atoms with Crippen molar-refractivity contribution >= 4 is 21.8 Å². The summed E-state index contributed by atoms with van der Waals surface area (Å²) in [6.07, 6.45) is 0. The first-order valence-corrected chi connectivity index (χ1v) is 7.28. The van der Waals surface area contributed by atoms with Gasteiger partial charge in [0.05, 0.1) is 19.8 Å². The molecular weight excluding hydrogens is 353 g/mol. The first-order valence-electron chi connectivity index (χ1n) is 6.49. The molecule has 0 unspecified atom stereocenters. The first kappa shape index (κ1) is 16.3. The molecular formula is C16H15BrFNO3. The van der Waals surface area contributed by atoms with Gasteiger partial charge in [0.2, 0.25) is 0 Å². The number of ether oxygens (including phenoxy) is 2. The van der Waals surface area contributed by atoms with E-state index in [0.717, 1.165) is 5.56 Å². The van der Waals surface area contributed by atoms with Crippen LogP contribution in [0.1, 0.15) is 15.9 Å². The lowest BCUT2D eigenvalue weighted by Crippen LogP contribution is -2.23. The van der Waals surface area contributed by atoms with Crippen LogP contribution in [0.15, 0.2) is 40.9 Å². The second-order valence-electron chi connectivity index (χ2n) is 4.50. The molecule has 22 heavy (non-hydrogen) atoms. The van der Waals surface area contributed by atoms with E-state index in [1.54, 1.807) is 31.4 Å². The maximum atomic E-state index is 13.7. The number of hydrogen-bond acceptors (Lipinski definition) is 3. The Labute approximate surface area is 136 Å². The molecule has 0 saturated heterocycles. The van der Waals surface area contributed by atoms with Crippen molar-refractivity contribution in [3.63, 3.8) is 0 Å². The lowest BCUT2D eigenvalue weighted by atomic mass is 10.1. The summed E-state index contributed by atoms with van der Waals surface area (Å²) in [5.41, 5.74) is 0.826. The molecule has 0 radical (unpaired) electrons. The van der Waals surface area contributed by atoms with E-state index in [1.807, 2.05) is 0 Å². The Balaban J connectivity index is 2.08. The number of hydrogen-bond donors (Lipinski definition) is 1. The van der Waals surface area contributed by atoms with Crippen molar-refractivity contribution in [2.45, 2.75) is 6.54 Å². The summed E-state index contributed by atoms with van der Waals surface area (Å²) in [5, 5.41) is 2.67.